The number of rotatable bonds is 7. The number of methoxy groups -OCH3 is 2. The van der Waals surface area contributed by atoms with E-state index in [1.54, 1.807) is 76.1 Å². The monoisotopic (exact) mass is 1150 g/mol. The average molecular weight is 1150 g/mol. The molecule has 0 aliphatic heterocycles. The van der Waals surface area contributed by atoms with Gasteiger partial charge in [-0.15, -0.1) is 0 Å². The molecule has 0 saturated heterocycles. The van der Waals surface area contributed by atoms with Crippen LogP contribution in [0, 0.1) is 5.82 Å². The number of carboxylic acid groups (broad SMARTS) is 1. The van der Waals surface area contributed by atoms with Crippen molar-refractivity contribution in [2.75, 3.05) is 14.2 Å². The maximum Gasteiger partial charge on any atom is 1.00 e. The van der Waals surface area contributed by atoms with E-state index in [0.29, 0.717) is 27.5 Å². The van der Waals surface area contributed by atoms with E-state index in [9.17, 15) is 33.2 Å². The maximum atomic E-state index is 13.9. The Labute approximate surface area is 500 Å². The summed E-state index contributed by atoms with van der Waals surface area (Å²) in [4.78, 5) is 93.9. The number of ketones is 1. The van der Waals surface area contributed by atoms with Crippen molar-refractivity contribution >= 4 is 73.5 Å². The minimum atomic E-state index is -1.04. The predicted molar refractivity (Wildman–Crippen MR) is 238 cm³/mol. The van der Waals surface area contributed by atoms with Crippen LogP contribution in [0.4, 0.5) is 4.39 Å². The van der Waals surface area contributed by atoms with Crippen LogP contribution >= 0.6 is 0 Å². The zero-order valence-corrected chi connectivity index (χ0v) is 49.3. The molecule has 5 aromatic heterocycles. The summed E-state index contributed by atoms with van der Waals surface area (Å²) in [7, 11) is 5.92. The molecule has 0 fully saturated rings. The number of halogens is 1. The number of carbonyl (C=O) groups is 5. The van der Waals surface area contributed by atoms with Gasteiger partial charge in [-0.1, -0.05) is 32.5 Å². The maximum absolute atomic E-state index is 13.9. The van der Waals surface area contributed by atoms with Crippen molar-refractivity contribution in [3.05, 3.63) is 159 Å². The molecule has 8 aromatic rings. The first kappa shape index (κ1) is 58.7. The second-order valence-electron chi connectivity index (χ2n) is 13.4. The smallest absolute Gasteiger partial charge is 1.00 e. The number of hydrogen-bond donors (Lipinski definition) is 1. The van der Waals surface area contributed by atoms with E-state index in [0.717, 1.165) is 38.8 Å². The molecule has 0 spiro atoms. The van der Waals surface area contributed by atoms with Gasteiger partial charge < -0.3 is 35.3 Å². The van der Waals surface area contributed by atoms with E-state index in [4.69, 9.17) is 15.2 Å². The molecule has 0 amide bonds. The standard InChI is InChI=1S/C16H14FNO3.C15H12N2O3.C14H10N2O3.CH2O3.CH4.2Cs.H/c1-3-15(19)13-8-10(16(20)21-2)4-5-11(13)12-6-7-18-9-14(12)17;1-17-13-8-16-6-5-11(13)10-4-3-9(15(19)20-2)7-12(10)14(17)18;1-16-12-7-15-5-4-10(12)9-3-2-8(14(18)19)6-11(9)13(16)17;2-1-4-3;;;;/h4-9H,3H2,1-2H3;3-8H,1-2H3;2-7H,1H3,(H,18,19);1,3H;1H4;;;/q;;;;;2*+1;-1/p-1. The quantitative estimate of drug-likeness (QED) is 0.0557. The Morgan fingerprint density at radius 2 is 1.10 bits per heavy atom. The largest absolute Gasteiger partial charge is 1.00 e. The first-order valence-corrected chi connectivity index (χ1v) is 18.8. The minimum Gasteiger partial charge on any atom is -1.00 e. The fourth-order valence-electron chi connectivity index (χ4n) is 6.67. The first-order chi connectivity index (χ1) is 30.7. The Morgan fingerprint density at radius 1 is 0.672 bits per heavy atom. The number of pyridine rings is 5. The number of esters is 2. The van der Waals surface area contributed by atoms with Crippen molar-refractivity contribution in [3.63, 3.8) is 0 Å². The van der Waals surface area contributed by atoms with Gasteiger partial charge in [-0.2, -0.15) is 0 Å². The van der Waals surface area contributed by atoms with Crippen LogP contribution in [-0.4, -0.2) is 73.6 Å². The van der Waals surface area contributed by atoms with Gasteiger partial charge in [0.05, 0.1) is 60.5 Å². The van der Waals surface area contributed by atoms with Gasteiger partial charge in [-0.05, 0) is 70.9 Å². The zero-order chi connectivity index (χ0) is 46.7. The minimum absolute atomic E-state index is 0. The van der Waals surface area contributed by atoms with Gasteiger partial charge in [0, 0.05) is 71.8 Å². The Bertz CT molecular complexity index is 3240. The van der Waals surface area contributed by atoms with E-state index in [1.807, 2.05) is 12.1 Å². The second kappa shape index (κ2) is 27.6. The molecule has 3 aromatic carbocycles. The van der Waals surface area contributed by atoms with Crippen molar-refractivity contribution in [1.29, 1.82) is 0 Å². The number of benzene rings is 3. The summed E-state index contributed by atoms with van der Waals surface area (Å²) < 4.78 is 26.2. The number of carbonyl (C=O) groups excluding carboxylic acids is 4. The fourth-order valence-corrected chi connectivity index (χ4v) is 6.67. The number of aromatic nitrogens is 5. The third kappa shape index (κ3) is 13.6. The van der Waals surface area contributed by atoms with Crippen LogP contribution in [0.2, 0.25) is 0 Å². The van der Waals surface area contributed by atoms with Crippen molar-refractivity contribution < 1.29 is 192 Å². The van der Waals surface area contributed by atoms with Gasteiger partial charge in [0.1, 0.15) is 5.82 Å². The average Bonchev–Trinajstić information content (AvgIpc) is 3.34. The molecular weight excluding hydrogens is 1110 g/mol. The van der Waals surface area contributed by atoms with Crippen molar-refractivity contribution in [2.45, 2.75) is 20.8 Å². The Kier molecular flexibility index (Phi) is 24.1. The molecule has 0 aliphatic rings. The van der Waals surface area contributed by atoms with E-state index in [2.05, 4.69) is 29.3 Å². The van der Waals surface area contributed by atoms with Gasteiger partial charge in [0.15, 0.2) is 5.78 Å². The van der Waals surface area contributed by atoms with E-state index >= 15 is 0 Å². The predicted octanol–water partition coefficient (Wildman–Crippen LogP) is 0.117. The summed E-state index contributed by atoms with van der Waals surface area (Å²) in [6, 6.07) is 19.3. The van der Waals surface area contributed by atoms with E-state index < -0.39 is 23.7 Å². The Morgan fingerprint density at radius 3 is 1.55 bits per heavy atom. The van der Waals surface area contributed by atoms with Gasteiger partial charge in [-0.3, -0.25) is 34.1 Å². The molecule has 336 valence electrons. The van der Waals surface area contributed by atoms with Gasteiger partial charge in [-0.25, -0.2) is 18.8 Å². The molecule has 0 radical (unpaired) electrons. The number of hydrogen-bond acceptors (Lipinski definition) is 14. The number of carboxylic acids is 1. The summed E-state index contributed by atoms with van der Waals surface area (Å²) >= 11 is 0. The van der Waals surface area contributed by atoms with Gasteiger partial charge in [0.2, 0.25) is 0 Å². The molecule has 0 bridgehead atoms. The normalized spacial score (nSPS) is 9.90. The third-order valence-electron chi connectivity index (χ3n) is 9.84. The van der Waals surface area contributed by atoms with Crippen molar-refractivity contribution in [3.8, 4) is 11.1 Å². The molecular formula is C47H42Cs2FN5O12. The number of aryl methyl sites for hydroxylation is 2. The summed E-state index contributed by atoms with van der Waals surface area (Å²) in [5.74, 6) is -2.73. The molecule has 0 unspecified atom stereocenters. The summed E-state index contributed by atoms with van der Waals surface area (Å²) in [5.41, 5.74) is 2.85. The van der Waals surface area contributed by atoms with Crippen LogP contribution in [0.3, 0.4) is 0 Å². The molecule has 67 heavy (non-hydrogen) atoms. The van der Waals surface area contributed by atoms with Crippen molar-refractivity contribution in [2.24, 2.45) is 14.1 Å². The van der Waals surface area contributed by atoms with Gasteiger partial charge in [0.25, 0.3) is 17.6 Å². The van der Waals surface area contributed by atoms with Crippen LogP contribution < -0.4 is 154 Å². The van der Waals surface area contributed by atoms with Crippen LogP contribution in [-0.2, 0) is 33.3 Å². The Hall–Kier alpha value is -4.41. The topological polar surface area (TPSA) is 239 Å². The van der Waals surface area contributed by atoms with E-state index in [-0.39, 0.29) is 193 Å². The number of aromatic carboxylic acids is 1. The number of ether oxygens (including phenoxy) is 2. The second-order valence-corrected chi connectivity index (χ2v) is 13.4. The number of fused-ring (bicyclic) bond motifs is 6. The van der Waals surface area contributed by atoms with Crippen LogP contribution in [0.1, 0.15) is 63.6 Å². The summed E-state index contributed by atoms with van der Waals surface area (Å²) in [5, 5.41) is 21.7. The molecule has 20 heteroatoms. The molecule has 8 rings (SSSR count). The molecule has 17 nitrogen and oxygen atoms in total. The summed E-state index contributed by atoms with van der Waals surface area (Å²) in [6.07, 6.45) is 9.41. The Balaban J connectivity index is 0.000000477. The van der Waals surface area contributed by atoms with Crippen LogP contribution in [0.15, 0.2) is 120 Å². The van der Waals surface area contributed by atoms with Crippen LogP contribution in [0.5, 0.6) is 0 Å². The van der Waals surface area contributed by atoms with Crippen molar-refractivity contribution in [1.82, 2.24) is 24.1 Å². The van der Waals surface area contributed by atoms with Crippen LogP contribution in [0.25, 0.3) is 54.5 Å². The molecule has 5 heterocycles. The number of nitrogens with zero attached hydrogens (tertiary/aromatic N) is 5. The molecule has 1 N–H and O–H groups in total. The molecule has 0 saturated carbocycles. The zero-order valence-electron chi connectivity index (χ0n) is 37.7. The van der Waals surface area contributed by atoms with Gasteiger partial charge >= 0.3 is 156 Å². The van der Waals surface area contributed by atoms with E-state index in [1.165, 1.54) is 59.9 Å². The third-order valence-corrected chi connectivity index (χ3v) is 9.84. The SMILES string of the molecule is C.CCC(=O)c1cc(C(=O)OC)ccc1-c1ccncc1F.COC(=O)c1ccc2c(c1)c(=O)n(C)c1cnccc21.Cn1c(=O)c2cc(C(=O)O)ccc2c2ccncc21.O=CO[O-].[Cs+].[Cs+].[H-]. The number of Topliss-reactive ketones (excluding diaryl/α,β-unsaturated/α-hetero) is 1. The first-order valence-electron chi connectivity index (χ1n) is 18.8. The molecule has 0 atom stereocenters. The summed E-state index contributed by atoms with van der Waals surface area (Å²) in [6.45, 7) is 1.53. The fraction of sp³-hybridized carbons (Fsp3) is 0.149. The molecule has 0 aliphatic carbocycles.